The van der Waals surface area contributed by atoms with E-state index in [4.69, 9.17) is 4.74 Å². The van der Waals surface area contributed by atoms with Gasteiger partial charge in [-0.2, -0.15) is 0 Å². The number of benzene rings is 2. The first-order valence-electron chi connectivity index (χ1n) is 11.0. The minimum absolute atomic E-state index is 0.0938. The maximum Gasteiger partial charge on any atom is 0.255 e. The first-order valence-corrected chi connectivity index (χ1v) is 13.7. The largest absolute Gasteiger partial charge is 0.492 e. The molecule has 1 aliphatic rings. The summed E-state index contributed by atoms with van der Waals surface area (Å²) < 4.78 is 33.8. The lowest BCUT2D eigenvalue weighted by Gasteiger charge is -2.30. The van der Waals surface area contributed by atoms with Gasteiger partial charge < -0.3 is 9.64 Å². The molecule has 1 heterocycles. The van der Waals surface area contributed by atoms with Crippen LogP contribution >= 0.6 is 11.8 Å². The smallest absolute Gasteiger partial charge is 0.255 e. The van der Waals surface area contributed by atoms with Gasteiger partial charge in [-0.15, -0.1) is 11.8 Å². The number of hydrogen-bond acceptors (Lipinski definition) is 5. The quantitative estimate of drug-likeness (QED) is 0.434. The topological polar surface area (TPSA) is 75.7 Å². The van der Waals surface area contributed by atoms with Crippen LogP contribution in [0, 0.1) is 5.92 Å². The zero-order valence-electron chi connectivity index (χ0n) is 19.0. The molecule has 32 heavy (non-hydrogen) atoms. The summed E-state index contributed by atoms with van der Waals surface area (Å²) in [4.78, 5) is 15.8. The molecule has 174 valence electrons. The number of piperidine rings is 1. The average molecular weight is 477 g/mol. The molecule has 1 aliphatic heterocycles. The summed E-state index contributed by atoms with van der Waals surface area (Å²) in [5, 5.41) is 0. The number of thioether (sulfide) groups is 1. The highest BCUT2D eigenvalue weighted by molar-refractivity contribution is 7.98. The Hall–Kier alpha value is -2.03. The number of sulfonamides is 1. The van der Waals surface area contributed by atoms with Crippen LogP contribution in [-0.4, -0.2) is 51.7 Å². The number of nitrogens with one attached hydrogen (secondary N) is 1. The Labute approximate surface area is 195 Å². The van der Waals surface area contributed by atoms with Crippen molar-refractivity contribution in [3.63, 3.8) is 0 Å². The van der Waals surface area contributed by atoms with Gasteiger partial charge in [0.05, 0.1) is 10.5 Å². The van der Waals surface area contributed by atoms with Crippen LogP contribution in [0.1, 0.15) is 42.6 Å². The summed E-state index contributed by atoms with van der Waals surface area (Å²) in [6, 6.07) is 12.5. The van der Waals surface area contributed by atoms with E-state index in [1.807, 2.05) is 35.4 Å². The highest BCUT2D eigenvalue weighted by atomic mass is 32.2. The van der Waals surface area contributed by atoms with E-state index >= 15 is 0 Å². The molecule has 0 bridgehead atoms. The zero-order valence-corrected chi connectivity index (χ0v) is 20.6. The maximum absolute atomic E-state index is 13.1. The van der Waals surface area contributed by atoms with Crippen molar-refractivity contribution in [2.24, 2.45) is 5.92 Å². The van der Waals surface area contributed by atoms with E-state index in [0.717, 1.165) is 24.2 Å². The zero-order chi connectivity index (χ0) is 23.1. The van der Waals surface area contributed by atoms with Crippen LogP contribution in [-0.2, 0) is 16.4 Å². The van der Waals surface area contributed by atoms with Gasteiger partial charge in [0.1, 0.15) is 12.4 Å². The van der Waals surface area contributed by atoms with Crippen molar-refractivity contribution < 1.29 is 17.9 Å². The van der Waals surface area contributed by atoms with Gasteiger partial charge in [-0.3, -0.25) is 4.79 Å². The second-order valence-corrected chi connectivity index (χ2v) is 10.7. The van der Waals surface area contributed by atoms with E-state index in [1.165, 1.54) is 23.4 Å². The summed E-state index contributed by atoms with van der Waals surface area (Å²) >= 11 is 1.45. The van der Waals surface area contributed by atoms with Gasteiger partial charge in [0, 0.05) is 24.5 Å². The molecule has 1 amide bonds. The van der Waals surface area contributed by atoms with E-state index < -0.39 is 10.0 Å². The van der Waals surface area contributed by atoms with Crippen molar-refractivity contribution in [2.45, 2.75) is 42.9 Å². The van der Waals surface area contributed by atoms with Gasteiger partial charge in [-0.25, -0.2) is 13.1 Å². The molecule has 0 spiro atoms. The van der Waals surface area contributed by atoms with Crippen LogP contribution in [0.2, 0.25) is 0 Å². The number of likely N-dealkylation sites (tertiary alicyclic amines) is 1. The van der Waals surface area contributed by atoms with Crippen molar-refractivity contribution in [1.82, 2.24) is 9.62 Å². The Morgan fingerprint density at radius 2 is 1.84 bits per heavy atom. The molecule has 1 N–H and O–H groups in total. The number of aryl methyl sites for hydroxylation is 1. The molecule has 8 heteroatoms. The number of hydrogen-bond donors (Lipinski definition) is 1. The van der Waals surface area contributed by atoms with E-state index in [9.17, 15) is 13.2 Å². The number of carbonyl (C=O) groups is 1. The van der Waals surface area contributed by atoms with E-state index in [2.05, 4.69) is 18.6 Å². The fourth-order valence-corrected chi connectivity index (χ4v) is 5.26. The van der Waals surface area contributed by atoms with Crippen molar-refractivity contribution >= 4 is 27.7 Å². The third-order valence-corrected chi connectivity index (χ3v) is 8.03. The predicted molar refractivity (Wildman–Crippen MR) is 129 cm³/mol. The summed E-state index contributed by atoms with van der Waals surface area (Å²) in [6.07, 6.45) is 4.79. The molecule has 2 aromatic rings. The van der Waals surface area contributed by atoms with Gasteiger partial charge in [-0.1, -0.05) is 26.0 Å². The van der Waals surface area contributed by atoms with E-state index in [1.54, 1.807) is 12.1 Å². The standard InChI is InChI=1S/C24H32N2O4S2/c1-4-19-5-7-20(8-6-19)30-16-13-25-32(28,29)21-9-10-23(31-3)22(17-21)24(27)26-14-11-18(2)12-15-26/h5-10,17-18,25H,4,11-16H2,1-3H3. The van der Waals surface area contributed by atoms with Crippen LogP contribution in [0.3, 0.4) is 0 Å². The van der Waals surface area contributed by atoms with Gasteiger partial charge in [0.15, 0.2) is 0 Å². The number of nitrogens with zero attached hydrogens (tertiary/aromatic N) is 1. The number of rotatable bonds is 9. The highest BCUT2D eigenvalue weighted by Gasteiger charge is 2.25. The summed E-state index contributed by atoms with van der Waals surface area (Å²) in [5.74, 6) is 1.22. The third kappa shape index (κ3) is 6.27. The van der Waals surface area contributed by atoms with Crippen molar-refractivity contribution in [1.29, 1.82) is 0 Å². The van der Waals surface area contributed by atoms with Crippen LogP contribution in [0.5, 0.6) is 5.75 Å². The normalized spacial score (nSPS) is 15.0. The molecule has 0 unspecified atom stereocenters. The number of amides is 1. The van der Waals surface area contributed by atoms with Crippen molar-refractivity contribution in [3.05, 3.63) is 53.6 Å². The Bertz CT molecular complexity index is 1010. The van der Waals surface area contributed by atoms with E-state index in [0.29, 0.717) is 30.3 Å². The summed E-state index contributed by atoms with van der Waals surface area (Å²) in [7, 11) is -3.76. The fourth-order valence-electron chi connectivity index (χ4n) is 3.65. The molecular formula is C24H32N2O4S2. The van der Waals surface area contributed by atoms with Crippen LogP contribution in [0.25, 0.3) is 0 Å². The molecule has 2 aromatic carbocycles. The molecule has 0 aromatic heterocycles. The molecule has 1 saturated heterocycles. The van der Waals surface area contributed by atoms with Crippen LogP contribution < -0.4 is 9.46 Å². The van der Waals surface area contributed by atoms with Gasteiger partial charge >= 0.3 is 0 Å². The molecule has 0 atom stereocenters. The molecule has 1 fully saturated rings. The fraction of sp³-hybridized carbons (Fsp3) is 0.458. The minimum Gasteiger partial charge on any atom is -0.492 e. The highest BCUT2D eigenvalue weighted by Crippen LogP contribution is 2.27. The molecule has 0 radical (unpaired) electrons. The SMILES string of the molecule is CCc1ccc(OCCNS(=O)(=O)c2ccc(SC)c(C(=O)N3CCC(C)CC3)c2)cc1. The summed E-state index contributed by atoms with van der Waals surface area (Å²) in [6.45, 7) is 6.04. The molecular weight excluding hydrogens is 444 g/mol. The second kappa shape index (κ2) is 11.2. The van der Waals surface area contributed by atoms with Gasteiger partial charge in [0.25, 0.3) is 5.91 Å². The first-order chi connectivity index (χ1) is 15.3. The number of ether oxygens (including phenoxy) is 1. The van der Waals surface area contributed by atoms with Crippen molar-refractivity contribution in [3.8, 4) is 5.75 Å². The summed E-state index contributed by atoms with van der Waals surface area (Å²) in [5.41, 5.74) is 1.67. The average Bonchev–Trinajstić information content (AvgIpc) is 2.82. The molecule has 3 rings (SSSR count). The Balaban J connectivity index is 1.64. The lowest BCUT2D eigenvalue weighted by atomic mass is 9.98. The number of carbonyl (C=O) groups excluding carboxylic acids is 1. The molecule has 0 saturated carbocycles. The monoisotopic (exact) mass is 476 g/mol. The van der Waals surface area contributed by atoms with E-state index in [-0.39, 0.29) is 24.0 Å². The predicted octanol–water partition coefficient (Wildman–Crippen LogP) is 4.20. The lowest BCUT2D eigenvalue weighted by Crippen LogP contribution is -2.38. The lowest BCUT2D eigenvalue weighted by molar-refractivity contribution is 0.0693. The maximum atomic E-state index is 13.1. The Morgan fingerprint density at radius 3 is 2.47 bits per heavy atom. The Kier molecular flexibility index (Phi) is 8.62. The van der Waals surface area contributed by atoms with Gasteiger partial charge in [-0.05, 0) is 67.3 Å². The Morgan fingerprint density at radius 1 is 1.16 bits per heavy atom. The third-order valence-electron chi connectivity index (χ3n) is 5.78. The first kappa shape index (κ1) is 24.6. The second-order valence-electron chi connectivity index (χ2n) is 8.08. The molecule has 6 nitrogen and oxygen atoms in total. The molecule has 0 aliphatic carbocycles. The minimum atomic E-state index is -3.76. The van der Waals surface area contributed by atoms with Gasteiger partial charge in [0.2, 0.25) is 10.0 Å². The van der Waals surface area contributed by atoms with Crippen LogP contribution in [0.15, 0.2) is 52.3 Å². The van der Waals surface area contributed by atoms with Crippen molar-refractivity contribution in [2.75, 3.05) is 32.5 Å². The van der Waals surface area contributed by atoms with Crippen LogP contribution in [0.4, 0.5) is 0 Å².